The first-order valence-electron chi connectivity index (χ1n) is 9.53. The lowest BCUT2D eigenvalue weighted by Crippen LogP contribution is -2.38. The number of halogens is 2. The van der Waals surface area contributed by atoms with E-state index in [1.165, 1.54) is 0 Å². The zero-order valence-corrected chi connectivity index (χ0v) is 20.7. The Bertz CT molecular complexity index is 862. The van der Waals surface area contributed by atoms with Gasteiger partial charge in [-0.25, -0.2) is 9.38 Å². The minimum Gasteiger partial charge on any atom is -0.493 e. The van der Waals surface area contributed by atoms with Crippen LogP contribution in [-0.2, 0) is 6.54 Å². The second-order valence-electron chi connectivity index (χ2n) is 6.56. The molecular formula is C22H31FIN3O3. The molecule has 0 aliphatic carbocycles. The number of aliphatic imine (C=N–C) groups is 1. The molecule has 30 heavy (non-hydrogen) atoms. The van der Waals surface area contributed by atoms with Crippen LogP contribution >= 0.6 is 24.0 Å². The van der Waals surface area contributed by atoms with Gasteiger partial charge in [0.05, 0.1) is 33.9 Å². The van der Waals surface area contributed by atoms with Crippen LogP contribution in [0.1, 0.15) is 36.6 Å². The minimum atomic E-state index is -0.215. The van der Waals surface area contributed by atoms with E-state index < -0.39 is 0 Å². The van der Waals surface area contributed by atoms with Gasteiger partial charge in [0.25, 0.3) is 0 Å². The second-order valence-corrected chi connectivity index (χ2v) is 6.56. The molecule has 2 rings (SSSR count). The van der Waals surface area contributed by atoms with Gasteiger partial charge in [0, 0.05) is 12.1 Å². The normalized spacial score (nSPS) is 11.9. The van der Waals surface area contributed by atoms with Crippen LogP contribution in [0.25, 0.3) is 0 Å². The van der Waals surface area contributed by atoms with Crippen LogP contribution in [0.4, 0.5) is 4.39 Å². The lowest BCUT2D eigenvalue weighted by Gasteiger charge is -2.19. The molecule has 2 N–H and O–H groups in total. The van der Waals surface area contributed by atoms with Gasteiger partial charge in [-0.3, -0.25) is 0 Å². The predicted octanol–water partition coefficient (Wildman–Crippen LogP) is 4.59. The third kappa shape index (κ3) is 6.38. The average Bonchev–Trinajstić information content (AvgIpc) is 2.73. The van der Waals surface area contributed by atoms with Crippen molar-refractivity contribution in [2.24, 2.45) is 4.99 Å². The first-order chi connectivity index (χ1) is 13.9. The molecule has 0 aromatic heterocycles. The molecule has 8 heteroatoms. The van der Waals surface area contributed by atoms with Crippen LogP contribution < -0.4 is 24.8 Å². The Morgan fingerprint density at radius 3 is 2.33 bits per heavy atom. The van der Waals surface area contributed by atoms with Gasteiger partial charge in [-0.05, 0) is 50.1 Å². The maximum atomic E-state index is 13.9. The Morgan fingerprint density at radius 1 is 1.07 bits per heavy atom. The summed E-state index contributed by atoms with van der Waals surface area (Å²) in [6, 6.07) is 8.85. The van der Waals surface area contributed by atoms with Crippen molar-refractivity contribution in [1.29, 1.82) is 0 Å². The number of guanidine groups is 1. The first-order valence-corrected chi connectivity index (χ1v) is 9.53. The summed E-state index contributed by atoms with van der Waals surface area (Å²) in [5.74, 6) is 2.12. The van der Waals surface area contributed by atoms with E-state index in [1.807, 2.05) is 32.0 Å². The van der Waals surface area contributed by atoms with Crippen molar-refractivity contribution in [2.75, 3.05) is 27.9 Å². The molecule has 0 aliphatic rings. The molecule has 0 fully saturated rings. The van der Waals surface area contributed by atoms with Crippen LogP contribution in [0, 0.1) is 12.7 Å². The number of methoxy groups -OCH3 is 3. The van der Waals surface area contributed by atoms with E-state index in [2.05, 4.69) is 15.6 Å². The molecule has 2 aromatic rings. The number of nitrogens with one attached hydrogen (secondary N) is 2. The van der Waals surface area contributed by atoms with Gasteiger partial charge >= 0.3 is 0 Å². The van der Waals surface area contributed by atoms with E-state index in [4.69, 9.17) is 14.2 Å². The fourth-order valence-electron chi connectivity index (χ4n) is 2.94. The van der Waals surface area contributed by atoms with Gasteiger partial charge in [-0.15, -0.1) is 24.0 Å². The van der Waals surface area contributed by atoms with Gasteiger partial charge in [0.1, 0.15) is 5.82 Å². The van der Waals surface area contributed by atoms with Gasteiger partial charge < -0.3 is 24.8 Å². The van der Waals surface area contributed by atoms with Gasteiger partial charge in [0.2, 0.25) is 5.75 Å². The fraction of sp³-hybridized carbons (Fsp3) is 0.409. The van der Waals surface area contributed by atoms with E-state index in [0.29, 0.717) is 41.9 Å². The molecule has 0 heterocycles. The number of aryl methyl sites for hydroxylation is 1. The highest BCUT2D eigenvalue weighted by Gasteiger charge is 2.16. The molecule has 0 spiro atoms. The summed E-state index contributed by atoms with van der Waals surface area (Å²) in [4.78, 5) is 4.65. The quantitative estimate of drug-likeness (QED) is 0.297. The molecule has 1 unspecified atom stereocenters. The number of hydrogen-bond acceptors (Lipinski definition) is 4. The summed E-state index contributed by atoms with van der Waals surface area (Å²) in [7, 11) is 4.74. The van der Waals surface area contributed by atoms with Crippen molar-refractivity contribution in [3.8, 4) is 17.2 Å². The lowest BCUT2D eigenvalue weighted by molar-refractivity contribution is 0.322. The Balaban J connectivity index is 0.00000450. The molecule has 0 amide bonds. The van der Waals surface area contributed by atoms with Gasteiger partial charge in [0.15, 0.2) is 17.5 Å². The highest BCUT2D eigenvalue weighted by Crippen LogP contribution is 2.39. The molecule has 2 aromatic carbocycles. The van der Waals surface area contributed by atoms with Crippen molar-refractivity contribution in [3.63, 3.8) is 0 Å². The number of nitrogens with zero attached hydrogens (tertiary/aromatic N) is 1. The molecule has 6 nitrogen and oxygen atoms in total. The fourth-order valence-corrected chi connectivity index (χ4v) is 2.94. The summed E-state index contributed by atoms with van der Waals surface area (Å²) in [6.07, 6.45) is 0. The summed E-state index contributed by atoms with van der Waals surface area (Å²) >= 11 is 0. The topological polar surface area (TPSA) is 64.1 Å². The van der Waals surface area contributed by atoms with Crippen molar-refractivity contribution in [1.82, 2.24) is 10.6 Å². The molecule has 166 valence electrons. The van der Waals surface area contributed by atoms with Crippen LogP contribution in [-0.4, -0.2) is 33.8 Å². The largest absolute Gasteiger partial charge is 0.493 e. The monoisotopic (exact) mass is 531 g/mol. The minimum absolute atomic E-state index is 0. The van der Waals surface area contributed by atoms with Crippen LogP contribution in [0.5, 0.6) is 17.2 Å². The third-order valence-electron chi connectivity index (χ3n) is 4.59. The standard InChI is InChI=1S/C22H30FN3O3.HI/c1-7-24-22(26-15(3)16-9-8-14(2)18(23)12-16)25-13-17-10-11-19(27-4)21(29-6)20(17)28-5;/h8-12,15H,7,13H2,1-6H3,(H2,24,25,26);1H. The Morgan fingerprint density at radius 2 is 1.77 bits per heavy atom. The Kier molecular flexibility index (Phi) is 10.7. The Labute approximate surface area is 195 Å². The van der Waals surface area contributed by atoms with Crippen molar-refractivity contribution in [3.05, 3.63) is 52.8 Å². The van der Waals surface area contributed by atoms with E-state index in [1.54, 1.807) is 40.4 Å². The highest BCUT2D eigenvalue weighted by atomic mass is 127. The van der Waals surface area contributed by atoms with Gasteiger partial charge in [-0.2, -0.15) is 0 Å². The van der Waals surface area contributed by atoms with E-state index in [-0.39, 0.29) is 35.8 Å². The number of ether oxygens (including phenoxy) is 3. The third-order valence-corrected chi connectivity index (χ3v) is 4.59. The summed E-state index contributed by atoms with van der Waals surface area (Å²) < 4.78 is 30.2. The van der Waals surface area contributed by atoms with Crippen LogP contribution in [0.2, 0.25) is 0 Å². The zero-order chi connectivity index (χ0) is 21.4. The maximum absolute atomic E-state index is 13.9. The number of rotatable bonds is 8. The number of hydrogen-bond donors (Lipinski definition) is 2. The molecule has 0 bridgehead atoms. The molecule has 0 aliphatic heterocycles. The summed E-state index contributed by atoms with van der Waals surface area (Å²) in [5.41, 5.74) is 2.33. The SMILES string of the molecule is CCNC(=NCc1ccc(OC)c(OC)c1OC)NC(C)c1ccc(C)c(F)c1.I. The lowest BCUT2D eigenvalue weighted by atomic mass is 10.1. The highest BCUT2D eigenvalue weighted by molar-refractivity contribution is 14.0. The van der Waals surface area contributed by atoms with E-state index in [9.17, 15) is 4.39 Å². The predicted molar refractivity (Wildman–Crippen MR) is 129 cm³/mol. The first kappa shape index (κ1) is 25.8. The molecular weight excluding hydrogens is 500 g/mol. The van der Waals surface area contributed by atoms with Crippen LogP contribution in [0.3, 0.4) is 0 Å². The molecule has 1 atom stereocenters. The average molecular weight is 531 g/mol. The Hall–Kier alpha value is -2.23. The van der Waals surface area contributed by atoms with E-state index >= 15 is 0 Å². The molecule has 0 saturated carbocycles. The molecule has 0 saturated heterocycles. The molecule has 0 radical (unpaired) electrons. The van der Waals surface area contributed by atoms with E-state index in [0.717, 1.165) is 11.1 Å². The van der Waals surface area contributed by atoms with Crippen LogP contribution in [0.15, 0.2) is 35.3 Å². The van der Waals surface area contributed by atoms with Crippen molar-refractivity contribution in [2.45, 2.75) is 33.4 Å². The van der Waals surface area contributed by atoms with Gasteiger partial charge in [-0.1, -0.05) is 12.1 Å². The van der Waals surface area contributed by atoms with Crippen molar-refractivity contribution >= 4 is 29.9 Å². The number of benzene rings is 2. The zero-order valence-electron chi connectivity index (χ0n) is 18.3. The smallest absolute Gasteiger partial charge is 0.203 e. The second kappa shape index (κ2) is 12.5. The summed E-state index contributed by atoms with van der Waals surface area (Å²) in [6.45, 7) is 6.77. The maximum Gasteiger partial charge on any atom is 0.203 e. The van der Waals surface area contributed by atoms with Crippen molar-refractivity contribution < 1.29 is 18.6 Å². The summed E-state index contributed by atoms with van der Waals surface area (Å²) in [5, 5.41) is 6.53.